The number of aliphatic hydroxyl groups excluding tert-OH is 1. The normalized spacial score (nSPS) is 10.8. The molecule has 7 heteroatoms. The van der Waals surface area contributed by atoms with E-state index >= 15 is 0 Å². The van der Waals surface area contributed by atoms with Crippen molar-refractivity contribution in [2.24, 2.45) is 0 Å². The van der Waals surface area contributed by atoms with Crippen molar-refractivity contribution in [2.75, 3.05) is 14.2 Å². The Labute approximate surface area is 154 Å². The Hall–Kier alpha value is -2.21. The highest BCUT2D eigenvalue weighted by Gasteiger charge is 2.22. The Bertz CT molecular complexity index is 908. The highest BCUT2D eigenvalue weighted by molar-refractivity contribution is 6.43. The first kappa shape index (κ1) is 17.6. The molecule has 3 aromatic rings. The molecule has 1 N–H and O–H groups in total. The predicted molar refractivity (Wildman–Crippen MR) is 96.4 cm³/mol. The molecule has 0 saturated carbocycles. The van der Waals surface area contributed by atoms with E-state index in [1.54, 1.807) is 44.6 Å². The van der Waals surface area contributed by atoms with Crippen LogP contribution in [0.3, 0.4) is 0 Å². The highest BCUT2D eigenvalue weighted by Crippen LogP contribution is 2.40. The molecule has 0 aliphatic rings. The van der Waals surface area contributed by atoms with Crippen LogP contribution in [0, 0.1) is 0 Å². The number of aromatic nitrogens is 1. The van der Waals surface area contributed by atoms with E-state index in [0.717, 1.165) is 5.56 Å². The molecule has 1 heterocycles. The minimum absolute atomic E-state index is 0.272. The van der Waals surface area contributed by atoms with Crippen LogP contribution in [-0.4, -0.2) is 24.5 Å². The molecule has 0 atom stereocenters. The van der Waals surface area contributed by atoms with Gasteiger partial charge in [0.15, 0.2) is 17.3 Å². The third kappa shape index (κ3) is 3.18. The number of hydrogen-bond donors (Lipinski definition) is 1. The van der Waals surface area contributed by atoms with E-state index in [0.29, 0.717) is 44.1 Å². The second-order valence-electron chi connectivity index (χ2n) is 5.17. The fourth-order valence-electron chi connectivity index (χ4n) is 2.56. The third-order valence-corrected chi connectivity index (χ3v) is 4.62. The van der Waals surface area contributed by atoms with Crippen molar-refractivity contribution >= 4 is 23.2 Å². The van der Waals surface area contributed by atoms with Crippen LogP contribution in [0.15, 0.2) is 40.9 Å². The zero-order valence-corrected chi connectivity index (χ0v) is 15.1. The van der Waals surface area contributed by atoms with Crippen LogP contribution in [0.5, 0.6) is 11.5 Å². The van der Waals surface area contributed by atoms with E-state index in [9.17, 15) is 5.11 Å². The number of hydrogen-bond acceptors (Lipinski definition) is 5. The zero-order chi connectivity index (χ0) is 18.0. The average Bonchev–Trinajstić information content (AvgIpc) is 3.07. The van der Waals surface area contributed by atoms with E-state index in [1.165, 1.54) is 0 Å². The SMILES string of the molecule is COc1ccc(-c2noc(-c3cccc(Cl)c3Cl)c2CO)cc1OC. The topological polar surface area (TPSA) is 64.7 Å². The Balaban J connectivity index is 2.14. The Morgan fingerprint density at radius 3 is 2.52 bits per heavy atom. The van der Waals surface area contributed by atoms with Gasteiger partial charge in [0.25, 0.3) is 0 Å². The summed E-state index contributed by atoms with van der Waals surface area (Å²) >= 11 is 12.3. The lowest BCUT2D eigenvalue weighted by atomic mass is 10.0. The molecule has 3 rings (SSSR count). The molecule has 0 fully saturated rings. The summed E-state index contributed by atoms with van der Waals surface area (Å²) in [5.74, 6) is 1.52. The van der Waals surface area contributed by atoms with Gasteiger partial charge in [-0.3, -0.25) is 0 Å². The summed E-state index contributed by atoms with van der Waals surface area (Å²) < 4.78 is 16.0. The molecule has 0 spiro atoms. The molecular weight excluding hydrogens is 365 g/mol. The predicted octanol–water partition coefficient (Wildman–Crippen LogP) is 4.82. The number of aliphatic hydroxyl groups is 1. The second kappa shape index (κ2) is 7.35. The summed E-state index contributed by atoms with van der Waals surface area (Å²) in [6.07, 6.45) is 0. The molecule has 1 aromatic heterocycles. The van der Waals surface area contributed by atoms with Crippen LogP contribution in [0.2, 0.25) is 10.0 Å². The van der Waals surface area contributed by atoms with Crippen molar-refractivity contribution in [3.05, 3.63) is 52.0 Å². The lowest BCUT2D eigenvalue weighted by Gasteiger charge is -2.09. The van der Waals surface area contributed by atoms with E-state index < -0.39 is 0 Å². The van der Waals surface area contributed by atoms with Crippen LogP contribution >= 0.6 is 23.2 Å². The Morgan fingerprint density at radius 1 is 1.08 bits per heavy atom. The van der Waals surface area contributed by atoms with Gasteiger partial charge in [-0.2, -0.15) is 0 Å². The van der Waals surface area contributed by atoms with Gasteiger partial charge in [0.2, 0.25) is 0 Å². The number of halogens is 2. The first-order valence-electron chi connectivity index (χ1n) is 7.36. The van der Waals surface area contributed by atoms with Gasteiger partial charge < -0.3 is 19.1 Å². The number of methoxy groups -OCH3 is 2. The van der Waals surface area contributed by atoms with Gasteiger partial charge in [-0.15, -0.1) is 0 Å². The van der Waals surface area contributed by atoms with Crippen molar-refractivity contribution in [3.63, 3.8) is 0 Å². The lowest BCUT2D eigenvalue weighted by Crippen LogP contribution is -1.93. The smallest absolute Gasteiger partial charge is 0.174 e. The van der Waals surface area contributed by atoms with Gasteiger partial charge in [0.1, 0.15) is 5.69 Å². The molecule has 5 nitrogen and oxygen atoms in total. The van der Waals surface area contributed by atoms with Crippen LogP contribution in [0.4, 0.5) is 0 Å². The molecule has 0 saturated heterocycles. The Morgan fingerprint density at radius 2 is 1.84 bits per heavy atom. The maximum atomic E-state index is 9.87. The van der Waals surface area contributed by atoms with Crippen LogP contribution < -0.4 is 9.47 Å². The van der Waals surface area contributed by atoms with E-state index in [-0.39, 0.29) is 6.61 Å². The lowest BCUT2D eigenvalue weighted by molar-refractivity contribution is 0.281. The molecular formula is C18H15Cl2NO4. The molecule has 2 aromatic carbocycles. The van der Waals surface area contributed by atoms with Crippen molar-refractivity contribution in [1.29, 1.82) is 0 Å². The fraction of sp³-hybridized carbons (Fsp3) is 0.167. The molecule has 0 bridgehead atoms. The van der Waals surface area contributed by atoms with Gasteiger partial charge in [-0.25, -0.2) is 0 Å². The van der Waals surface area contributed by atoms with Crippen molar-refractivity contribution in [1.82, 2.24) is 5.16 Å². The number of nitrogens with zero attached hydrogens (tertiary/aromatic N) is 1. The molecule has 0 radical (unpaired) electrons. The van der Waals surface area contributed by atoms with Crippen molar-refractivity contribution < 1.29 is 19.1 Å². The minimum Gasteiger partial charge on any atom is -0.493 e. The average molecular weight is 380 g/mol. The van der Waals surface area contributed by atoms with Crippen LogP contribution in [0.1, 0.15) is 5.56 Å². The Kier molecular flexibility index (Phi) is 5.18. The first-order valence-corrected chi connectivity index (χ1v) is 8.12. The van der Waals surface area contributed by atoms with E-state index in [2.05, 4.69) is 5.16 Å². The monoisotopic (exact) mass is 379 g/mol. The summed E-state index contributed by atoms with van der Waals surface area (Å²) in [7, 11) is 3.11. The maximum Gasteiger partial charge on any atom is 0.174 e. The van der Waals surface area contributed by atoms with Crippen LogP contribution in [-0.2, 0) is 6.61 Å². The summed E-state index contributed by atoms with van der Waals surface area (Å²) in [5, 5.41) is 14.7. The third-order valence-electron chi connectivity index (χ3n) is 3.80. The summed E-state index contributed by atoms with van der Waals surface area (Å²) in [6.45, 7) is -0.272. The summed E-state index contributed by atoms with van der Waals surface area (Å²) in [5.41, 5.74) is 2.29. The highest BCUT2D eigenvalue weighted by atomic mass is 35.5. The number of ether oxygens (including phenoxy) is 2. The maximum absolute atomic E-state index is 9.87. The second-order valence-corrected chi connectivity index (χ2v) is 5.95. The molecule has 130 valence electrons. The number of benzene rings is 2. The van der Waals surface area contributed by atoms with Crippen LogP contribution in [0.25, 0.3) is 22.6 Å². The van der Waals surface area contributed by atoms with Gasteiger partial charge in [0.05, 0.1) is 36.4 Å². The quantitative estimate of drug-likeness (QED) is 0.687. The molecule has 0 aliphatic heterocycles. The van der Waals surface area contributed by atoms with Gasteiger partial charge in [0, 0.05) is 11.1 Å². The fourth-order valence-corrected chi connectivity index (χ4v) is 2.94. The summed E-state index contributed by atoms with van der Waals surface area (Å²) in [4.78, 5) is 0. The van der Waals surface area contributed by atoms with Gasteiger partial charge >= 0.3 is 0 Å². The van der Waals surface area contributed by atoms with Crippen molar-refractivity contribution in [3.8, 4) is 34.1 Å². The standard InChI is InChI=1S/C18H15Cl2NO4/c1-23-14-7-6-10(8-15(14)24-2)17-12(9-22)18(25-21-17)11-4-3-5-13(19)16(11)20/h3-8,22H,9H2,1-2H3. The van der Waals surface area contributed by atoms with Crippen molar-refractivity contribution in [2.45, 2.75) is 6.61 Å². The molecule has 0 aliphatic carbocycles. The number of rotatable bonds is 5. The van der Waals surface area contributed by atoms with E-state index in [4.69, 9.17) is 37.2 Å². The van der Waals surface area contributed by atoms with Gasteiger partial charge in [-0.05, 0) is 30.3 Å². The zero-order valence-electron chi connectivity index (χ0n) is 13.5. The first-order chi connectivity index (χ1) is 12.1. The summed E-state index contributed by atoms with van der Waals surface area (Å²) in [6, 6.07) is 10.5. The van der Waals surface area contributed by atoms with E-state index in [1.807, 2.05) is 6.07 Å². The molecule has 0 unspecified atom stereocenters. The van der Waals surface area contributed by atoms with Gasteiger partial charge in [-0.1, -0.05) is 34.4 Å². The molecule has 25 heavy (non-hydrogen) atoms. The molecule has 0 amide bonds. The largest absolute Gasteiger partial charge is 0.493 e. The minimum atomic E-state index is -0.272.